The molecule has 0 unspecified atom stereocenters. The first kappa shape index (κ1) is 17.9. The van der Waals surface area contributed by atoms with Crippen LogP contribution in [0.3, 0.4) is 0 Å². The SMILES string of the molecule is COc1ccc(C)cc1NC(=O)CSc1nnc(-c2cccnc2)n1C. The molecule has 0 spiro atoms. The molecule has 0 bridgehead atoms. The van der Waals surface area contributed by atoms with Crippen molar-refractivity contribution in [3.63, 3.8) is 0 Å². The van der Waals surface area contributed by atoms with E-state index in [9.17, 15) is 4.79 Å². The van der Waals surface area contributed by atoms with Gasteiger partial charge in [-0.15, -0.1) is 10.2 Å². The molecule has 8 heteroatoms. The summed E-state index contributed by atoms with van der Waals surface area (Å²) in [7, 11) is 3.45. The molecule has 0 aliphatic carbocycles. The van der Waals surface area contributed by atoms with Crippen molar-refractivity contribution in [1.29, 1.82) is 0 Å². The number of nitrogens with one attached hydrogen (secondary N) is 1. The molecule has 26 heavy (non-hydrogen) atoms. The van der Waals surface area contributed by atoms with Gasteiger partial charge in [-0.25, -0.2) is 0 Å². The van der Waals surface area contributed by atoms with E-state index in [0.717, 1.165) is 11.1 Å². The van der Waals surface area contributed by atoms with Crippen molar-refractivity contribution >= 4 is 23.4 Å². The van der Waals surface area contributed by atoms with E-state index in [1.54, 1.807) is 19.5 Å². The zero-order chi connectivity index (χ0) is 18.5. The van der Waals surface area contributed by atoms with Gasteiger partial charge in [0.25, 0.3) is 0 Å². The fraction of sp³-hybridized carbons (Fsp3) is 0.222. The highest BCUT2D eigenvalue weighted by atomic mass is 32.2. The van der Waals surface area contributed by atoms with Gasteiger partial charge in [0.1, 0.15) is 5.75 Å². The lowest BCUT2D eigenvalue weighted by Gasteiger charge is -2.10. The quantitative estimate of drug-likeness (QED) is 0.673. The standard InChI is InChI=1S/C18H19N5O2S/c1-12-6-7-15(25-3)14(9-12)20-16(24)11-26-18-22-21-17(23(18)2)13-5-4-8-19-10-13/h4-10H,11H2,1-3H3,(H,20,24). The molecule has 3 aromatic rings. The predicted molar refractivity (Wildman–Crippen MR) is 101 cm³/mol. The van der Waals surface area contributed by atoms with E-state index in [-0.39, 0.29) is 11.7 Å². The van der Waals surface area contributed by atoms with Crippen LogP contribution >= 0.6 is 11.8 Å². The maximum Gasteiger partial charge on any atom is 0.234 e. The molecular formula is C18H19N5O2S. The summed E-state index contributed by atoms with van der Waals surface area (Å²) in [5.41, 5.74) is 2.58. The Morgan fingerprint density at radius 2 is 2.15 bits per heavy atom. The molecule has 7 nitrogen and oxygen atoms in total. The number of hydrogen-bond donors (Lipinski definition) is 1. The average Bonchev–Trinajstić information content (AvgIpc) is 3.01. The fourth-order valence-corrected chi connectivity index (χ4v) is 3.13. The Bertz CT molecular complexity index is 911. The third kappa shape index (κ3) is 4.02. The Kier molecular flexibility index (Phi) is 5.52. The van der Waals surface area contributed by atoms with Gasteiger partial charge in [-0.3, -0.25) is 9.78 Å². The molecule has 1 aromatic carbocycles. The first-order chi connectivity index (χ1) is 12.6. The first-order valence-corrected chi connectivity index (χ1v) is 8.94. The van der Waals surface area contributed by atoms with Crippen LogP contribution in [0.15, 0.2) is 47.9 Å². The zero-order valence-corrected chi connectivity index (χ0v) is 15.6. The summed E-state index contributed by atoms with van der Waals surface area (Å²) in [5.74, 6) is 1.42. The van der Waals surface area contributed by atoms with Gasteiger partial charge in [-0.05, 0) is 36.8 Å². The lowest BCUT2D eigenvalue weighted by Crippen LogP contribution is -2.15. The largest absolute Gasteiger partial charge is 0.495 e. The maximum absolute atomic E-state index is 12.3. The van der Waals surface area contributed by atoms with Gasteiger partial charge in [-0.1, -0.05) is 17.8 Å². The van der Waals surface area contributed by atoms with Crippen LogP contribution in [0.1, 0.15) is 5.56 Å². The van der Waals surface area contributed by atoms with E-state index in [2.05, 4.69) is 20.5 Å². The summed E-state index contributed by atoms with van der Waals surface area (Å²) >= 11 is 1.32. The van der Waals surface area contributed by atoms with E-state index in [1.807, 2.05) is 48.9 Å². The second-order valence-electron chi connectivity index (χ2n) is 5.65. The molecule has 0 aliphatic rings. The Morgan fingerprint density at radius 1 is 1.31 bits per heavy atom. The van der Waals surface area contributed by atoms with Crippen molar-refractivity contribution in [3.8, 4) is 17.1 Å². The summed E-state index contributed by atoms with van der Waals surface area (Å²) in [4.78, 5) is 16.4. The monoisotopic (exact) mass is 369 g/mol. The normalized spacial score (nSPS) is 10.6. The van der Waals surface area contributed by atoms with Crippen molar-refractivity contribution in [3.05, 3.63) is 48.3 Å². The van der Waals surface area contributed by atoms with E-state index >= 15 is 0 Å². The Morgan fingerprint density at radius 3 is 2.88 bits per heavy atom. The summed E-state index contributed by atoms with van der Waals surface area (Å²) in [5, 5.41) is 11.9. The Hall–Kier alpha value is -2.87. The molecular weight excluding hydrogens is 350 g/mol. The number of methoxy groups -OCH3 is 1. The van der Waals surface area contributed by atoms with Crippen molar-refractivity contribution in [2.75, 3.05) is 18.2 Å². The Balaban J connectivity index is 1.66. The molecule has 134 valence electrons. The molecule has 1 N–H and O–H groups in total. The minimum atomic E-state index is -0.134. The number of aryl methyl sites for hydroxylation is 1. The predicted octanol–water partition coefficient (Wildman–Crippen LogP) is 2.92. The summed E-state index contributed by atoms with van der Waals surface area (Å²) < 4.78 is 7.13. The molecule has 0 aliphatic heterocycles. The number of hydrogen-bond acceptors (Lipinski definition) is 6. The highest BCUT2D eigenvalue weighted by Crippen LogP contribution is 2.26. The van der Waals surface area contributed by atoms with E-state index in [4.69, 9.17) is 4.74 Å². The number of rotatable bonds is 6. The number of carbonyl (C=O) groups excluding carboxylic acids is 1. The zero-order valence-electron chi connectivity index (χ0n) is 14.8. The topological polar surface area (TPSA) is 81.9 Å². The number of anilines is 1. The fourth-order valence-electron chi connectivity index (χ4n) is 2.42. The number of benzene rings is 1. The molecule has 0 saturated carbocycles. The molecule has 2 aromatic heterocycles. The average molecular weight is 369 g/mol. The third-order valence-electron chi connectivity index (χ3n) is 3.72. The number of thioether (sulfide) groups is 1. The second kappa shape index (κ2) is 8.01. The van der Waals surface area contributed by atoms with Crippen LogP contribution < -0.4 is 10.1 Å². The first-order valence-electron chi connectivity index (χ1n) is 7.95. The van der Waals surface area contributed by atoms with Crippen LogP contribution in [0.4, 0.5) is 5.69 Å². The summed E-state index contributed by atoms with van der Waals surface area (Å²) in [6, 6.07) is 9.41. The summed E-state index contributed by atoms with van der Waals surface area (Å²) in [6.07, 6.45) is 3.44. The van der Waals surface area contributed by atoms with Gasteiger partial charge in [0.15, 0.2) is 11.0 Å². The van der Waals surface area contributed by atoms with Crippen molar-refractivity contribution in [2.24, 2.45) is 7.05 Å². The molecule has 0 radical (unpaired) electrons. The lowest BCUT2D eigenvalue weighted by molar-refractivity contribution is -0.113. The number of nitrogens with zero attached hydrogens (tertiary/aromatic N) is 4. The maximum atomic E-state index is 12.3. The third-order valence-corrected chi connectivity index (χ3v) is 4.74. The molecule has 0 fully saturated rings. The van der Waals surface area contributed by atoms with Crippen LogP contribution in [0.25, 0.3) is 11.4 Å². The summed E-state index contributed by atoms with van der Waals surface area (Å²) in [6.45, 7) is 1.96. The van der Waals surface area contributed by atoms with E-state index in [1.165, 1.54) is 11.8 Å². The number of ether oxygens (including phenoxy) is 1. The number of amides is 1. The van der Waals surface area contributed by atoms with Gasteiger partial charge in [0.05, 0.1) is 18.6 Å². The van der Waals surface area contributed by atoms with Crippen LogP contribution in [0, 0.1) is 6.92 Å². The Labute approximate surface area is 155 Å². The van der Waals surface area contributed by atoms with Crippen LogP contribution in [0.2, 0.25) is 0 Å². The number of pyridine rings is 1. The van der Waals surface area contributed by atoms with Gasteiger partial charge in [0, 0.05) is 25.0 Å². The number of carbonyl (C=O) groups is 1. The molecule has 2 heterocycles. The van der Waals surface area contributed by atoms with Gasteiger partial charge in [-0.2, -0.15) is 0 Å². The number of aromatic nitrogens is 4. The van der Waals surface area contributed by atoms with Crippen molar-refractivity contribution in [1.82, 2.24) is 19.7 Å². The molecule has 1 amide bonds. The van der Waals surface area contributed by atoms with Crippen LogP contribution in [-0.2, 0) is 11.8 Å². The molecule has 3 rings (SSSR count). The second-order valence-corrected chi connectivity index (χ2v) is 6.59. The lowest BCUT2D eigenvalue weighted by atomic mass is 10.2. The van der Waals surface area contributed by atoms with Crippen LogP contribution in [0.5, 0.6) is 5.75 Å². The van der Waals surface area contributed by atoms with Crippen molar-refractivity contribution < 1.29 is 9.53 Å². The van der Waals surface area contributed by atoms with Gasteiger partial charge < -0.3 is 14.6 Å². The van der Waals surface area contributed by atoms with Crippen molar-refractivity contribution in [2.45, 2.75) is 12.1 Å². The minimum absolute atomic E-state index is 0.134. The van der Waals surface area contributed by atoms with E-state index < -0.39 is 0 Å². The highest BCUT2D eigenvalue weighted by molar-refractivity contribution is 7.99. The van der Waals surface area contributed by atoms with Gasteiger partial charge >= 0.3 is 0 Å². The van der Waals surface area contributed by atoms with E-state index in [0.29, 0.717) is 22.4 Å². The van der Waals surface area contributed by atoms with Crippen LogP contribution in [-0.4, -0.2) is 38.5 Å². The van der Waals surface area contributed by atoms with Gasteiger partial charge in [0.2, 0.25) is 5.91 Å². The smallest absolute Gasteiger partial charge is 0.234 e. The molecule has 0 atom stereocenters. The minimum Gasteiger partial charge on any atom is -0.495 e. The highest BCUT2D eigenvalue weighted by Gasteiger charge is 2.14. The molecule has 0 saturated heterocycles.